The summed E-state index contributed by atoms with van der Waals surface area (Å²) in [6.45, 7) is 5.80. The third-order valence-electron chi connectivity index (χ3n) is 7.00. The Bertz CT molecular complexity index is 1280. The molecule has 0 unspecified atom stereocenters. The van der Waals surface area contributed by atoms with Gasteiger partial charge < -0.3 is 14.8 Å². The average molecular weight is 521 g/mol. The largest absolute Gasteiger partial charge is 0.496 e. The summed E-state index contributed by atoms with van der Waals surface area (Å²) in [6, 6.07) is 13.1. The van der Waals surface area contributed by atoms with E-state index in [1.54, 1.807) is 48.8 Å². The lowest BCUT2D eigenvalue weighted by molar-refractivity contribution is 0.0139. The number of benzene rings is 2. The first kappa shape index (κ1) is 25.4. The Morgan fingerprint density at radius 3 is 2.73 bits per heavy atom. The van der Waals surface area contributed by atoms with Crippen LogP contribution in [0.4, 0.5) is 5.13 Å². The standard InChI is InChI=1S/C28H32N4O4S/c1-18-14-21(6-9-24(18)35-2)26(33)29-17-19-4-3-5-20(15-19)27(34)31-28-30-23-8-7-22(16-25(23)37-28)32-10-12-36-13-11-32/h3-6,9,14-15,22H,7-8,10-13,16-17H2,1-2H3,(H,29,33)(H,30,31,34)/t22-/m0/s1. The molecular formula is C28H32N4O4S. The van der Waals surface area contributed by atoms with Gasteiger partial charge in [0, 0.05) is 41.7 Å². The fourth-order valence-electron chi connectivity index (χ4n) is 4.96. The summed E-state index contributed by atoms with van der Waals surface area (Å²) in [5.41, 5.74) is 3.95. The van der Waals surface area contributed by atoms with E-state index in [0.29, 0.717) is 28.8 Å². The summed E-state index contributed by atoms with van der Waals surface area (Å²) < 4.78 is 10.8. The van der Waals surface area contributed by atoms with Crippen LogP contribution in [0, 0.1) is 6.92 Å². The quantitative estimate of drug-likeness (QED) is 0.492. The second-order valence-electron chi connectivity index (χ2n) is 9.46. The van der Waals surface area contributed by atoms with Gasteiger partial charge in [0.05, 0.1) is 26.0 Å². The average Bonchev–Trinajstić information content (AvgIpc) is 3.33. The zero-order valence-corrected chi connectivity index (χ0v) is 22.0. The number of morpholine rings is 1. The Morgan fingerprint density at radius 2 is 1.95 bits per heavy atom. The third kappa shape index (κ3) is 6.01. The van der Waals surface area contributed by atoms with Crippen LogP contribution in [0.25, 0.3) is 0 Å². The summed E-state index contributed by atoms with van der Waals surface area (Å²) >= 11 is 1.58. The highest BCUT2D eigenvalue weighted by molar-refractivity contribution is 7.15. The molecular weight excluding hydrogens is 488 g/mol. The number of hydrogen-bond acceptors (Lipinski definition) is 7. The Labute approximate surface area is 221 Å². The van der Waals surface area contributed by atoms with Gasteiger partial charge in [0.25, 0.3) is 11.8 Å². The summed E-state index contributed by atoms with van der Waals surface area (Å²) in [4.78, 5) is 34.1. The van der Waals surface area contributed by atoms with E-state index >= 15 is 0 Å². The summed E-state index contributed by atoms with van der Waals surface area (Å²) in [5, 5.41) is 6.55. The molecule has 0 spiro atoms. The second-order valence-corrected chi connectivity index (χ2v) is 10.5. The molecule has 2 heterocycles. The van der Waals surface area contributed by atoms with E-state index in [9.17, 15) is 9.59 Å². The van der Waals surface area contributed by atoms with Crippen molar-refractivity contribution in [3.8, 4) is 5.75 Å². The molecule has 8 nitrogen and oxygen atoms in total. The van der Waals surface area contributed by atoms with Crippen molar-refractivity contribution in [2.75, 3.05) is 38.7 Å². The maximum absolute atomic E-state index is 13.0. The van der Waals surface area contributed by atoms with Crippen molar-refractivity contribution in [2.45, 2.75) is 38.8 Å². The van der Waals surface area contributed by atoms with Crippen molar-refractivity contribution in [1.29, 1.82) is 0 Å². The Balaban J connectivity index is 1.18. The van der Waals surface area contributed by atoms with E-state index in [1.165, 1.54) is 4.88 Å². The van der Waals surface area contributed by atoms with Crippen LogP contribution < -0.4 is 15.4 Å². The number of methoxy groups -OCH3 is 1. The maximum atomic E-state index is 13.0. The molecule has 1 aromatic heterocycles. The lowest BCUT2D eigenvalue weighted by Crippen LogP contribution is -2.45. The molecule has 2 aromatic carbocycles. The molecule has 2 N–H and O–H groups in total. The number of nitrogens with one attached hydrogen (secondary N) is 2. The number of ether oxygens (including phenoxy) is 2. The smallest absolute Gasteiger partial charge is 0.257 e. The number of aromatic nitrogens is 1. The molecule has 2 aliphatic rings. The minimum Gasteiger partial charge on any atom is -0.496 e. The molecule has 0 bridgehead atoms. The normalized spacial score (nSPS) is 17.6. The van der Waals surface area contributed by atoms with Gasteiger partial charge in [-0.15, -0.1) is 11.3 Å². The zero-order valence-electron chi connectivity index (χ0n) is 21.2. The van der Waals surface area contributed by atoms with Gasteiger partial charge in [0.15, 0.2) is 5.13 Å². The van der Waals surface area contributed by atoms with Crippen LogP contribution in [0.5, 0.6) is 5.75 Å². The van der Waals surface area contributed by atoms with Crippen LogP contribution in [-0.2, 0) is 24.1 Å². The molecule has 1 aliphatic carbocycles. The number of fused-ring (bicyclic) bond motifs is 1. The van der Waals surface area contributed by atoms with E-state index in [2.05, 4.69) is 15.5 Å². The number of hydrogen-bond donors (Lipinski definition) is 2. The van der Waals surface area contributed by atoms with Gasteiger partial charge in [0.1, 0.15) is 5.75 Å². The predicted molar refractivity (Wildman–Crippen MR) is 144 cm³/mol. The van der Waals surface area contributed by atoms with Gasteiger partial charge in [-0.3, -0.25) is 19.8 Å². The summed E-state index contributed by atoms with van der Waals surface area (Å²) in [6.07, 6.45) is 3.01. The van der Waals surface area contributed by atoms with E-state index in [4.69, 9.17) is 14.5 Å². The number of carbonyl (C=O) groups excluding carboxylic acids is 2. The number of anilines is 1. The van der Waals surface area contributed by atoms with Crippen LogP contribution >= 0.6 is 11.3 Å². The topological polar surface area (TPSA) is 92.8 Å². The molecule has 194 valence electrons. The van der Waals surface area contributed by atoms with Crippen molar-refractivity contribution in [3.63, 3.8) is 0 Å². The molecule has 5 rings (SSSR count). The minimum atomic E-state index is -0.199. The van der Waals surface area contributed by atoms with Crippen LogP contribution in [0.1, 0.15) is 48.8 Å². The van der Waals surface area contributed by atoms with Crippen molar-refractivity contribution < 1.29 is 19.1 Å². The van der Waals surface area contributed by atoms with Gasteiger partial charge in [-0.2, -0.15) is 0 Å². The van der Waals surface area contributed by atoms with E-state index in [0.717, 1.165) is 68.1 Å². The molecule has 2 amide bonds. The summed E-state index contributed by atoms with van der Waals surface area (Å²) in [7, 11) is 1.61. The van der Waals surface area contributed by atoms with Gasteiger partial charge >= 0.3 is 0 Å². The van der Waals surface area contributed by atoms with E-state index < -0.39 is 0 Å². The SMILES string of the molecule is COc1ccc(C(=O)NCc2cccc(C(=O)Nc3nc4c(s3)C[C@@H](N3CCOCC3)CC4)c2)cc1C. The fourth-order valence-corrected chi connectivity index (χ4v) is 6.04. The number of thiazole rings is 1. The molecule has 0 radical (unpaired) electrons. The number of aryl methyl sites for hydroxylation is 2. The Morgan fingerprint density at radius 1 is 1.14 bits per heavy atom. The number of amides is 2. The molecule has 1 aliphatic heterocycles. The van der Waals surface area contributed by atoms with Crippen molar-refractivity contribution >= 4 is 28.3 Å². The zero-order chi connectivity index (χ0) is 25.8. The van der Waals surface area contributed by atoms with Gasteiger partial charge in [-0.25, -0.2) is 4.98 Å². The number of rotatable bonds is 7. The second kappa shape index (κ2) is 11.4. The fraction of sp³-hybridized carbons (Fsp3) is 0.393. The third-order valence-corrected chi connectivity index (χ3v) is 8.03. The first-order valence-corrected chi connectivity index (χ1v) is 13.5. The molecule has 9 heteroatoms. The van der Waals surface area contributed by atoms with Crippen LogP contribution in [0.2, 0.25) is 0 Å². The van der Waals surface area contributed by atoms with Crippen LogP contribution in [-0.4, -0.2) is 61.2 Å². The molecule has 0 saturated carbocycles. The molecule has 1 saturated heterocycles. The Hall–Kier alpha value is -3.27. The highest BCUT2D eigenvalue weighted by Gasteiger charge is 2.28. The highest BCUT2D eigenvalue weighted by Crippen LogP contribution is 2.32. The van der Waals surface area contributed by atoms with Gasteiger partial charge in [-0.1, -0.05) is 12.1 Å². The van der Waals surface area contributed by atoms with Crippen LogP contribution in [0.15, 0.2) is 42.5 Å². The van der Waals surface area contributed by atoms with Gasteiger partial charge in [0.2, 0.25) is 0 Å². The van der Waals surface area contributed by atoms with E-state index in [-0.39, 0.29) is 11.8 Å². The maximum Gasteiger partial charge on any atom is 0.257 e. The lowest BCUT2D eigenvalue weighted by Gasteiger charge is -2.36. The molecule has 1 atom stereocenters. The summed E-state index contributed by atoms with van der Waals surface area (Å²) in [5.74, 6) is 0.368. The predicted octanol–water partition coefficient (Wildman–Crippen LogP) is 3.83. The molecule has 1 fully saturated rings. The van der Waals surface area contributed by atoms with Crippen molar-refractivity contribution in [1.82, 2.24) is 15.2 Å². The van der Waals surface area contributed by atoms with E-state index in [1.807, 2.05) is 19.1 Å². The van der Waals surface area contributed by atoms with Crippen LogP contribution in [0.3, 0.4) is 0 Å². The van der Waals surface area contributed by atoms with Crippen molar-refractivity contribution in [2.24, 2.45) is 0 Å². The Kier molecular flexibility index (Phi) is 7.83. The lowest BCUT2D eigenvalue weighted by atomic mass is 9.96. The molecule has 37 heavy (non-hydrogen) atoms. The number of nitrogens with zero attached hydrogens (tertiary/aromatic N) is 2. The monoisotopic (exact) mass is 520 g/mol. The van der Waals surface area contributed by atoms with Crippen molar-refractivity contribution in [3.05, 3.63) is 75.3 Å². The number of carbonyl (C=O) groups is 2. The first-order valence-electron chi connectivity index (χ1n) is 12.6. The first-order chi connectivity index (χ1) is 18.0. The highest BCUT2D eigenvalue weighted by atomic mass is 32.1. The van der Waals surface area contributed by atoms with Gasteiger partial charge in [-0.05, 0) is 67.6 Å². The molecule has 3 aromatic rings. The minimum absolute atomic E-state index is 0.177.